The van der Waals surface area contributed by atoms with Crippen LogP contribution in [0.1, 0.15) is 12.8 Å². The first-order valence-corrected chi connectivity index (χ1v) is 11.4. The summed E-state index contributed by atoms with van der Waals surface area (Å²) in [6, 6.07) is 10.4. The van der Waals surface area contributed by atoms with Crippen molar-refractivity contribution in [3.8, 4) is 5.88 Å². The molecule has 0 spiro atoms. The van der Waals surface area contributed by atoms with Gasteiger partial charge in [-0.05, 0) is 69.7 Å². The van der Waals surface area contributed by atoms with E-state index in [-0.39, 0.29) is 16.9 Å². The SMILES string of the molecule is C=C[NH+]([O-])Nc1cccc(Nc2nc(Nc3ccc(OCC4CCN(C)CC4)nc3)ncc2F)c1. The molecule has 0 saturated carbocycles. The smallest absolute Gasteiger partial charge is 0.229 e. The van der Waals surface area contributed by atoms with E-state index in [1.54, 1.807) is 36.5 Å². The second-order valence-corrected chi connectivity index (χ2v) is 8.36. The van der Waals surface area contributed by atoms with Crippen LogP contribution >= 0.6 is 0 Å². The number of pyridine rings is 1. The summed E-state index contributed by atoms with van der Waals surface area (Å²) in [6.07, 6.45) is 6.12. The van der Waals surface area contributed by atoms with Gasteiger partial charge in [-0.2, -0.15) is 4.98 Å². The summed E-state index contributed by atoms with van der Waals surface area (Å²) in [4.78, 5) is 14.9. The minimum atomic E-state index is -0.619. The second kappa shape index (κ2) is 11.6. The monoisotopic (exact) mass is 480 g/mol. The van der Waals surface area contributed by atoms with Crippen molar-refractivity contribution >= 4 is 28.8 Å². The van der Waals surface area contributed by atoms with Crippen LogP contribution in [0.25, 0.3) is 0 Å². The van der Waals surface area contributed by atoms with Gasteiger partial charge in [0.05, 0.1) is 30.4 Å². The van der Waals surface area contributed by atoms with Gasteiger partial charge in [-0.1, -0.05) is 6.07 Å². The highest BCUT2D eigenvalue weighted by Gasteiger charge is 2.17. The molecular formula is C24H29FN8O2. The molecule has 0 aliphatic carbocycles. The molecule has 184 valence electrons. The summed E-state index contributed by atoms with van der Waals surface area (Å²) in [5.74, 6) is 0.669. The molecule has 3 heterocycles. The number of anilines is 5. The van der Waals surface area contributed by atoms with Crippen molar-refractivity contribution in [2.45, 2.75) is 12.8 Å². The topological polar surface area (TPSA) is 115 Å². The summed E-state index contributed by atoms with van der Waals surface area (Å²) in [6.45, 7) is 6.27. The lowest BCUT2D eigenvalue weighted by molar-refractivity contribution is -0.764. The van der Waals surface area contributed by atoms with Crippen molar-refractivity contribution in [3.63, 3.8) is 0 Å². The fourth-order valence-electron chi connectivity index (χ4n) is 3.62. The maximum Gasteiger partial charge on any atom is 0.229 e. The normalized spacial score (nSPS) is 15.3. The van der Waals surface area contributed by atoms with Gasteiger partial charge in [-0.3, -0.25) is 0 Å². The van der Waals surface area contributed by atoms with Crippen LogP contribution in [0.2, 0.25) is 0 Å². The fourth-order valence-corrected chi connectivity index (χ4v) is 3.62. The van der Waals surface area contributed by atoms with E-state index in [1.807, 2.05) is 6.07 Å². The lowest BCUT2D eigenvalue weighted by Gasteiger charge is -2.28. The molecule has 0 bridgehead atoms. The molecule has 4 rings (SSSR count). The van der Waals surface area contributed by atoms with Crippen LogP contribution in [-0.2, 0) is 0 Å². The zero-order chi connectivity index (χ0) is 24.6. The van der Waals surface area contributed by atoms with Gasteiger partial charge < -0.3 is 25.5 Å². The van der Waals surface area contributed by atoms with Crippen LogP contribution in [0, 0.1) is 16.9 Å². The van der Waals surface area contributed by atoms with Crippen molar-refractivity contribution in [2.75, 3.05) is 42.8 Å². The van der Waals surface area contributed by atoms with Gasteiger partial charge in [0.1, 0.15) is 6.20 Å². The van der Waals surface area contributed by atoms with Gasteiger partial charge in [0.2, 0.25) is 11.8 Å². The maximum absolute atomic E-state index is 14.3. The van der Waals surface area contributed by atoms with Crippen LogP contribution in [0.5, 0.6) is 5.88 Å². The van der Waals surface area contributed by atoms with E-state index < -0.39 is 5.82 Å². The number of nitrogens with zero attached hydrogens (tertiary/aromatic N) is 4. The Morgan fingerprint density at radius 3 is 2.69 bits per heavy atom. The molecule has 1 atom stereocenters. The van der Waals surface area contributed by atoms with E-state index >= 15 is 0 Å². The first kappa shape index (κ1) is 24.3. The second-order valence-electron chi connectivity index (χ2n) is 8.36. The molecule has 1 aromatic carbocycles. The Kier molecular flexibility index (Phi) is 8.03. The highest BCUT2D eigenvalue weighted by Crippen LogP contribution is 2.23. The quantitative estimate of drug-likeness (QED) is 0.325. The Morgan fingerprint density at radius 1 is 1.14 bits per heavy atom. The Hall–Kier alpha value is -3.80. The Labute approximate surface area is 203 Å². The van der Waals surface area contributed by atoms with Crippen LogP contribution in [0.15, 0.2) is 61.6 Å². The van der Waals surface area contributed by atoms with Crippen molar-refractivity contribution in [3.05, 3.63) is 72.6 Å². The Bertz CT molecular complexity index is 1120. The molecule has 1 aliphatic rings. The number of aromatic nitrogens is 3. The summed E-state index contributed by atoms with van der Waals surface area (Å²) in [5, 5.41) is 17.1. The number of likely N-dealkylation sites (tertiary alicyclic amines) is 1. The molecule has 1 saturated heterocycles. The molecule has 11 heteroatoms. The van der Waals surface area contributed by atoms with Gasteiger partial charge in [0.15, 0.2) is 11.6 Å². The highest BCUT2D eigenvalue weighted by molar-refractivity contribution is 5.63. The number of hydroxylamine groups is 1. The van der Waals surface area contributed by atoms with E-state index in [2.05, 4.69) is 49.5 Å². The zero-order valence-electron chi connectivity index (χ0n) is 19.5. The number of hydrogen-bond donors (Lipinski definition) is 4. The van der Waals surface area contributed by atoms with Crippen molar-refractivity contribution in [1.82, 2.24) is 19.9 Å². The molecule has 10 nitrogen and oxygen atoms in total. The first-order chi connectivity index (χ1) is 17.0. The van der Waals surface area contributed by atoms with Crippen molar-refractivity contribution in [1.29, 1.82) is 0 Å². The minimum Gasteiger partial charge on any atom is -0.603 e. The fraction of sp³-hybridized carbons (Fsp3) is 0.292. The van der Waals surface area contributed by atoms with E-state index in [0.717, 1.165) is 32.1 Å². The lowest BCUT2D eigenvalue weighted by Crippen LogP contribution is -3.05. The standard InChI is InChI=1S/C24H29FN8O2/c1-3-33(34)31-19-6-4-5-18(13-19)28-23-21(25)15-27-24(30-23)29-20-7-8-22(26-14-20)35-16-17-9-11-32(2)12-10-17/h3-8,13-15,17,31,33H,1,9-12,16H2,2H3,(H2,27,28,29,30). The van der Waals surface area contributed by atoms with E-state index in [0.29, 0.717) is 35.5 Å². The summed E-state index contributed by atoms with van der Waals surface area (Å²) in [7, 11) is 2.14. The summed E-state index contributed by atoms with van der Waals surface area (Å²) < 4.78 is 20.2. The number of halogens is 1. The average molecular weight is 481 g/mol. The molecule has 3 aromatic rings. The first-order valence-electron chi connectivity index (χ1n) is 11.4. The highest BCUT2D eigenvalue weighted by atomic mass is 19.1. The summed E-state index contributed by atoms with van der Waals surface area (Å²) >= 11 is 0. The molecule has 0 radical (unpaired) electrons. The van der Waals surface area contributed by atoms with Gasteiger partial charge >= 0.3 is 0 Å². The zero-order valence-corrected chi connectivity index (χ0v) is 19.5. The molecule has 2 aromatic heterocycles. The molecule has 1 aliphatic heterocycles. The van der Waals surface area contributed by atoms with Crippen LogP contribution in [0.3, 0.4) is 0 Å². The lowest BCUT2D eigenvalue weighted by atomic mass is 9.98. The van der Waals surface area contributed by atoms with Crippen LogP contribution in [-0.4, -0.2) is 46.6 Å². The van der Waals surface area contributed by atoms with E-state index in [9.17, 15) is 9.60 Å². The largest absolute Gasteiger partial charge is 0.603 e. The molecular weight excluding hydrogens is 451 g/mol. The average Bonchev–Trinajstić information content (AvgIpc) is 2.87. The van der Waals surface area contributed by atoms with Gasteiger partial charge in [-0.15, -0.1) is 0 Å². The number of hydrogen-bond acceptors (Lipinski definition) is 9. The van der Waals surface area contributed by atoms with Crippen molar-refractivity contribution < 1.29 is 14.3 Å². The van der Waals surface area contributed by atoms with Gasteiger partial charge in [0.25, 0.3) is 0 Å². The molecule has 4 N–H and O–H groups in total. The number of rotatable bonds is 10. The number of quaternary nitrogens is 1. The Morgan fingerprint density at radius 2 is 1.94 bits per heavy atom. The third-order valence-electron chi connectivity index (χ3n) is 5.62. The summed E-state index contributed by atoms with van der Waals surface area (Å²) in [5.41, 5.74) is 4.38. The maximum atomic E-state index is 14.3. The third kappa shape index (κ3) is 7.09. The molecule has 35 heavy (non-hydrogen) atoms. The molecule has 0 amide bonds. The number of nitrogens with one attached hydrogen (secondary N) is 4. The third-order valence-corrected chi connectivity index (χ3v) is 5.62. The van der Waals surface area contributed by atoms with Crippen molar-refractivity contribution in [2.24, 2.45) is 5.92 Å². The predicted octanol–water partition coefficient (Wildman–Crippen LogP) is 3.07. The minimum absolute atomic E-state index is 0.0132. The molecule has 1 unspecified atom stereocenters. The van der Waals surface area contributed by atoms with E-state index in [1.165, 1.54) is 6.20 Å². The molecule has 1 fully saturated rings. The number of piperidine rings is 1. The number of benzene rings is 1. The van der Waals surface area contributed by atoms with Gasteiger partial charge in [0, 0.05) is 11.8 Å². The number of ether oxygens (including phenoxy) is 1. The van der Waals surface area contributed by atoms with Crippen LogP contribution in [0.4, 0.5) is 33.2 Å². The van der Waals surface area contributed by atoms with Crippen LogP contribution < -0.4 is 26.0 Å². The van der Waals surface area contributed by atoms with Gasteiger partial charge in [-0.25, -0.2) is 25.0 Å². The van der Waals surface area contributed by atoms with E-state index in [4.69, 9.17) is 4.74 Å². The predicted molar refractivity (Wildman–Crippen MR) is 133 cm³/mol. The Balaban J connectivity index is 1.35.